The Kier molecular flexibility index (Phi) is 2.22. The van der Waals surface area contributed by atoms with E-state index in [1.165, 1.54) is 6.33 Å². The van der Waals surface area contributed by atoms with Crippen LogP contribution >= 0.6 is 0 Å². The number of pyridine rings is 1. The Hall–Kier alpha value is -2.17. The summed E-state index contributed by atoms with van der Waals surface area (Å²) in [6.07, 6.45) is 4.72. The van der Waals surface area contributed by atoms with Crippen LogP contribution in [0.4, 0.5) is 17.3 Å². The first-order valence-electron chi connectivity index (χ1n) is 4.09. The van der Waals surface area contributed by atoms with Crippen LogP contribution in [-0.4, -0.2) is 15.0 Å². The normalized spacial score (nSPS) is 9.71. The van der Waals surface area contributed by atoms with E-state index in [4.69, 9.17) is 5.73 Å². The highest BCUT2D eigenvalue weighted by Crippen LogP contribution is 2.11. The van der Waals surface area contributed by atoms with Crippen molar-refractivity contribution < 1.29 is 0 Å². The van der Waals surface area contributed by atoms with Crippen LogP contribution in [0.25, 0.3) is 0 Å². The highest BCUT2D eigenvalue weighted by molar-refractivity contribution is 5.52. The Morgan fingerprint density at radius 2 is 1.93 bits per heavy atom. The second kappa shape index (κ2) is 3.69. The number of nitrogens with one attached hydrogen (secondary N) is 1. The van der Waals surface area contributed by atoms with Crippen molar-refractivity contribution in [3.8, 4) is 0 Å². The number of hydrogen-bond donors (Lipinski definition) is 2. The maximum absolute atomic E-state index is 5.50. The van der Waals surface area contributed by atoms with Crippen molar-refractivity contribution in [3.63, 3.8) is 0 Å². The molecule has 0 saturated carbocycles. The van der Waals surface area contributed by atoms with Crippen LogP contribution in [0.1, 0.15) is 0 Å². The van der Waals surface area contributed by atoms with Crippen molar-refractivity contribution in [1.29, 1.82) is 0 Å². The highest BCUT2D eigenvalue weighted by Gasteiger charge is 1.95. The number of anilines is 3. The van der Waals surface area contributed by atoms with Gasteiger partial charge in [-0.15, -0.1) is 0 Å². The molecule has 0 aromatic carbocycles. The largest absolute Gasteiger partial charge is 0.397 e. The molecule has 0 fully saturated rings. The summed E-state index contributed by atoms with van der Waals surface area (Å²) in [5, 5.41) is 3.01. The molecular formula is C9H9N5. The highest BCUT2D eigenvalue weighted by atomic mass is 15.1. The van der Waals surface area contributed by atoms with Gasteiger partial charge in [-0.1, -0.05) is 0 Å². The SMILES string of the molecule is Nc1ccc(Nc2ccncn2)nc1. The van der Waals surface area contributed by atoms with E-state index in [2.05, 4.69) is 20.3 Å². The summed E-state index contributed by atoms with van der Waals surface area (Å²) in [6.45, 7) is 0. The molecule has 2 aromatic heterocycles. The minimum atomic E-state index is 0.637. The lowest BCUT2D eigenvalue weighted by Crippen LogP contribution is -1.96. The predicted octanol–water partition coefficient (Wildman–Crippen LogP) is 1.20. The molecule has 0 atom stereocenters. The lowest BCUT2D eigenvalue weighted by molar-refractivity contribution is 1.16. The lowest BCUT2D eigenvalue weighted by atomic mass is 10.4. The number of nitrogens with zero attached hydrogens (tertiary/aromatic N) is 3. The Morgan fingerprint density at radius 1 is 1.07 bits per heavy atom. The van der Waals surface area contributed by atoms with E-state index >= 15 is 0 Å². The molecule has 14 heavy (non-hydrogen) atoms. The molecule has 2 aromatic rings. The number of hydrogen-bond acceptors (Lipinski definition) is 5. The topological polar surface area (TPSA) is 76.7 Å². The Labute approximate surface area is 81.0 Å². The van der Waals surface area contributed by atoms with Gasteiger partial charge in [0.05, 0.1) is 11.9 Å². The van der Waals surface area contributed by atoms with Gasteiger partial charge in [0.25, 0.3) is 0 Å². The zero-order valence-corrected chi connectivity index (χ0v) is 7.38. The van der Waals surface area contributed by atoms with E-state index < -0.39 is 0 Å². The summed E-state index contributed by atoms with van der Waals surface area (Å²) in [4.78, 5) is 11.9. The van der Waals surface area contributed by atoms with Crippen LogP contribution in [0.15, 0.2) is 36.9 Å². The summed E-state index contributed by atoms with van der Waals surface area (Å²) in [7, 11) is 0. The molecule has 3 N–H and O–H groups in total. The van der Waals surface area contributed by atoms with Gasteiger partial charge in [0.1, 0.15) is 18.0 Å². The molecule has 0 radical (unpaired) electrons. The maximum atomic E-state index is 5.50. The van der Waals surface area contributed by atoms with Gasteiger partial charge in [0, 0.05) is 6.20 Å². The third-order valence-electron chi connectivity index (χ3n) is 1.62. The molecule has 2 rings (SSSR count). The zero-order chi connectivity index (χ0) is 9.80. The molecule has 0 aliphatic rings. The van der Waals surface area contributed by atoms with E-state index in [0.29, 0.717) is 17.3 Å². The van der Waals surface area contributed by atoms with Crippen molar-refractivity contribution >= 4 is 17.3 Å². The van der Waals surface area contributed by atoms with Gasteiger partial charge in [-0.3, -0.25) is 0 Å². The van der Waals surface area contributed by atoms with Gasteiger partial charge in [-0.25, -0.2) is 15.0 Å². The molecule has 0 unspecified atom stereocenters. The first kappa shape index (κ1) is 8.43. The molecule has 5 heteroatoms. The number of nitrogen functional groups attached to an aromatic ring is 1. The minimum Gasteiger partial charge on any atom is -0.397 e. The van der Waals surface area contributed by atoms with Gasteiger partial charge in [-0.05, 0) is 18.2 Å². The number of nitrogens with two attached hydrogens (primary N) is 1. The van der Waals surface area contributed by atoms with E-state index in [1.54, 1.807) is 30.6 Å². The molecule has 0 aliphatic carbocycles. The van der Waals surface area contributed by atoms with Gasteiger partial charge in [0.15, 0.2) is 0 Å². The quantitative estimate of drug-likeness (QED) is 0.738. The third kappa shape index (κ3) is 1.95. The number of rotatable bonds is 2. The molecule has 0 aliphatic heterocycles. The van der Waals surface area contributed by atoms with E-state index in [9.17, 15) is 0 Å². The third-order valence-corrected chi connectivity index (χ3v) is 1.62. The van der Waals surface area contributed by atoms with Crippen molar-refractivity contribution in [2.75, 3.05) is 11.1 Å². The van der Waals surface area contributed by atoms with Gasteiger partial charge in [-0.2, -0.15) is 0 Å². The van der Waals surface area contributed by atoms with Gasteiger partial charge < -0.3 is 11.1 Å². The fourth-order valence-corrected chi connectivity index (χ4v) is 0.975. The predicted molar refractivity (Wildman–Crippen MR) is 54.0 cm³/mol. The van der Waals surface area contributed by atoms with Crippen LogP contribution in [0.5, 0.6) is 0 Å². The monoisotopic (exact) mass is 187 g/mol. The molecule has 0 amide bonds. The Morgan fingerprint density at radius 3 is 2.57 bits per heavy atom. The van der Waals surface area contributed by atoms with Crippen molar-refractivity contribution in [3.05, 3.63) is 36.9 Å². The summed E-state index contributed by atoms with van der Waals surface area (Å²) >= 11 is 0. The number of aromatic nitrogens is 3. The average molecular weight is 187 g/mol. The summed E-state index contributed by atoms with van der Waals surface area (Å²) in [6, 6.07) is 5.33. The molecule has 2 heterocycles. The van der Waals surface area contributed by atoms with Crippen LogP contribution < -0.4 is 11.1 Å². The van der Waals surface area contributed by atoms with Crippen LogP contribution in [0, 0.1) is 0 Å². The van der Waals surface area contributed by atoms with Gasteiger partial charge >= 0.3 is 0 Å². The molecule has 0 saturated heterocycles. The minimum absolute atomic E-state index is 0.637. The zero-order valence-electron chi connectivity index (χ0n) is 7.38. The summed E-state index contributed by atoms with van der Waals surface area (Å²) < 4.78 is 0. The fraction of sp³-hybridized carbons (Fsp3) is 0. The Balaban J connectivity index is 2.16. The first-order valence-corrected chi connectivity index (χ1v) is 4.09. The smallest absolute Gasteiger partial charge is 0.134 e. The first-order chi connectivity index (χ1) is 6.84. The summed E-state index contributed by atoms with van der Waals surface area (Å²) in [5.74, 6) is 1.41. The van der Waals surface area contributed by atoms with Crippen LogP contribution in [-0.2, 0) is 0 Å². The van der Waals surface area contributed by atoms with E-state index in [-0.39, 0.29) is 0 Å². The van der Waals surface area contributed by atoms with Crippen LogP contribution in [0.3, 0.4) is 0 Å². The summed E-state index contributed by atoms with van der Waals surface area (Å²) in [5.41, 5.74) is 6.14. The maximum Gasteiger partial charge on any atom is 0.134 e. The molecular weight excluding hydrogens is 178 g/mol. The van der Waals surface area contributed by atoms with Crippen molar-refractivity contribution in [1.82, 2.24) is 15.0 Å². The molecule has 0 bridgehead atoms. The van der Waals surface area contributed by atoms with Crippen LogP contribution in [0.2, 0.25) is 0 Å². The lowest BCUT2D eigenvalue weighted by Gasteiger charge is -2.03. The molecule has 5 nitrogen and oxygen atoms in total. The van der Waals surface area contributed by atoms with E-state index in [0.717, 1.165) is 0 Å². The van der Waals surface area contributed by atoms with Gasteiger partial charge in [0.2, 0.25) is 0 Å². The Bertz CT molecular complexity index is 397. The molecule has 0 spiro atoms. The standard InChI is InChI=1S/C9H9N5/c10-7-1-2-8(12-5-7)14-9-3-4-11-6-13-9/h1-6H,10H2,(H,11,12,13,14). The van der Waals surface area contributed by atoms with Crippen molar-refractivity contribution in [2.45, 2.75) is 0 Å². The second-order valence-corrected chi connectivity index (χ2v) is 2.70. The van der Waals surface area contributed by atoms with E-state index in [1.807, 2.05) is 0 Å². The second-order valence-electron chi connectivity index (χ2n) is 2.70. The molecule has 70 valence electrons. The fourth-order valence-electron chi connectivity index (χ4n) is 0.975. The van der Waals surface area contributed by atoms with Crippen molar-refractivity contribution in [2.24, 2.45) is 0 Å². The average Bonchev–Trinajstić information content (AvgIpc) is 2.23.